The molecule has 1 heterocycles. The standard InChI is InChI=1S/C24H25NO/c26-18-24(21-12-5-2-6-13-21)25-16-15-19-9-7-8-14-22(19)17-23(25)20-10-3-1-4-11-20/h1-14,23-24,26H,15-18H2/t23-,24-/m1/s1. The molecule has 0 bridgehead atoms. The summed E-state index contributed by atoms with van der Waals surface area (Å²) in [7, 11) is 0. The normalized spacial score (nSPS) is 18.7. The molecular weight excluding hydrogens is 318 g/mol. The summed E-state index contributed by atoms with van der Waals surface area (Å²) >= 11 is 0. The van der Waals surface area contributed by atoms with Crippen LogP contribution >= 0.6 is 0 Å². The summed E-state index contributed by atoms with van der Waals surface area (Å²) in [4.78, 5) is 2.49. The Morgan fingerprint density at radius 3 is 2.12 bits per heavy atom. The Hall–Kier alpha value is -2.42. The van der Waals surface area contributed by atoms with Crippen molar-refractivity contribution in [3.63, 3.8) is 0 Å². The van der Waals surface area contributed by atoms with Crippen molar-refractivity contribution in [3.8, 4) is 0 Å². The van der Waals surface area contributed by atoms with Crippen LogP contribution in [-0.4, -0.2) is 23.2 Å². The average Bonchev–Trinajstić information content (AvgIpc) is 2.90. The van der Waals surface area contributed by atoms with Crippen molar-refractivity contribution in [1.82, 2.24) is 4.90 Å². The van der Waals surface area contributed by atoms with E-state index < -0.39 is 0 Å². The Bertz CT molecular complexity index is 831. The fraction of sp³-hybridized carbons (Fsp3) is 0.250. The van der Waals surface area contributed by atoms with E-state index in [9.17, 15) is 5.11 Å². The highest BCUT2D eigenvalue weighted by Gasteiger charge is 2.31. The van der Waals surface area contributed by atoms with Gasteiger partial charge in [-0.05, 0) is 35.1 Å². The molecule has 0 spiro atoms. The predicted molar refractivity (Wildman–Crippen MR) is 106 cm³/mol. The number of aliphatic hydroxyl groups is 1. The second kappa shape index (κ2) is 7.86. The lowest BCUT2D eigenvalue weighted by molar-refractivity contribution is 0.0851. The van der Waals surface area contributed by atoms with E-state index in [4.69, 9.17) is 0 Å². The van der Waals surface area contributed by atoms with Crippen molar-refractivity contribution in [2.75, 3.05) is 13.2 Å². The summed E-state index contributed by atoms with van der Waals surface area (Å²) in [6.07, 6.45) is 1.99. The molecule has 26 heavy (non-hydrogen) atoms. The lowest BCUT2D eigenvalue weighted by Crippen LogP contribution is -2.36. The van der Waals surface area contributed by atoms with Crippen LogP contribution in [0.4, 0.5) is 0 Å². The molecule has 4 rings (SSSR count). The molecule has 0 fully saturated rings. The highest BCUT2D eigenvalue weighted by atomic mass is 16.3. The van der Waals surface area contributed by atoms with Crippen LogP contribution in [0.25, 0.3) is 0 Å². The second-order valence-electron chi connectivity index (χ2n) is 7.00. The van der Waals surface area contributed by atoms with Crippen LogP contribution in [0.2, 0.25) is 0 Å². The zero-order chi connectivity index (χ0) is 17.8. The van der Waals surface area contributed by atoms with Gasteiger partial charge in [0.05, 0.1) is 12.6 Å². The molecule has 2 nitrogen and oxygen atoms in total. The van der Waals surface area contributed by atoms with E-state index in [-0.39, 0.29) is 18.7 Å². The van der Waals surface area contributed by atoms with Crippen molar-refractivity contribution >= 4 is 0 Å². The van der Waals surface area contributed by atoms with Crippen LogP contribution in [0.5, 0.6) is 0 Å². The maximum atomic E-state index is 10.3. The van der Waals surface area contributed by atoms with Gasteiger partial charge >= 0.3 is 0 Å². The topological polar surface area (TPSA) is 23.5 Å². The van der Waals surface area contributed by atoms with Gasteiger partial charge in [0.25, 0.3) is 0 Å². The summed E-state index contributed by atoms with van der Waals surface area (Å²) in [5, 5.41) is 10.3. The van der Waals surface area contributed by atoms with E-state index >= 15 is 0 Å². The Kier molecular flexibility index (Phi) is 5.14. The van der Waals surface area contributed by atoms with Crippen LogP contribution in [0.1, 0.15) is 34.3 Å². The zero-order valence-corrected chi connectivity index (χ0v) is 15.0. The van der Waals surface area contributed by atoms with Gasteiger partial charge in [-0.3, -0.25) is 4.90 Å². The summed E-state index contributed by atoms with van der Waals surface area (Å²) in [6.45, 7) is 1.07. The second-order valence-corrected chi connectivity index (χ2v) is 7.00. The van der Waals surface area contributed by atoms with Gasteiger partial charge in [-0.25, -0.2) is 0 Å². The molecule has 1 N–H and O–H groups in total. The number of aliphatic hydroxyl groups excluding tert-OH is 1. The monoisotopic (exact) mass is 343 g/mol. The smallest absolute Gasteiger partial charge is 0.0628 e. The van der Waals surface area contributed by atoms with Gasteiger partial charge in [-0.15, -0.1) is 0 Å². The number of nitrogens with zero attached hydrogens (tertiary/aromatic N) is 1. The van der Waals surface area contributed by atoms with Crippen molar-refractivity contribution in [1.29, 1.82) is 0 Å². The molecule has 1 aliphatic rings. The quantitative estimate of drug-likeness (QED) is 0.750. The van der Waals surface area contributed by atoms with Crippen LogP contribution < -0.4 is 0 Å². The van der Waals surface area contributed by atoms with Crippen LogP contribution in [0, 0.1) is 0 Å². The zero-order valence-electron chi connectivity index (χ0n) is 15.0. The van der Waals surface area contributed by atoms with E-state index in [1.54, 1.807) is 0 Å². The number of fused-ring (bicyclic) bond motifs is 1. The molecule has 3 aromatic rings. The summed E-state index contributed by atoms with van der Waals surface area (Å²) in [6, 6.07) is 30.2. The Balaban J connectivity index is 1.76. The van der Waals surface area contributed by atoms with Crippen LogP contribution in [0.3, 0.4) is 0 Å². The largest absolute Gasteiger partial charge is 0.394 e. The van der Waals surface area contributed by atoms with E-state index in [1.165, 1.54) is 22.3 Å². The maximum Gasteiger partial charge on any atom is 0.0628 e. The number of rotatable bonds is 4. The van der Waals surface area contributed by atoms with Crippen LogP contribution in [0.15, 0.2) is 84.9 Å². The molecule has 0 unspecified atom stereocenters. The Morgan fingerprint density at radius 2 is 1.42 bits per heavy atom. The Morgan fingerprint density at radius 1 is 0.808 bits per heavy atom. The van der Waals surface area contributed by atoms with Gasteiger partial charge in [0.2, 0.25) is 0 Å². The molecule has 0 saturated heterocycles. The van der Waals surface area contributed by atoms with Gasteiger partial charge in [0, 0.05) is 12.6 Å². The lowest BCUT2D eigenvalue weighted by atomic mass is 9.94. The van der Waals surface area contributed by atoms with Crippen LogP contribution in [-0.2, 0) is 12.8 Å². The number of hydrogen-bond acceptors (Lipinski definition) is 2. The third-order valence-corrected chi connectivity index (χ3v) is 5.51. The summed E-state index contributed by atoms with van der Waals surface area (Å²) in [5.74, 6) is 0. The molecule has 3 aromatic carbocycles. The van der Waals surface area contributed by atoms with Gasteiger partial charge in [-0.1, -0.05) is 84.9 Å². The number of hydrogen-bond donors (Lipinski definition) is 1. The van der Waals surface area contributed by atoms with E-state index in [0.717, 1.165) is 19.4 Å². The molecule has 2 atom stereocenters. The molecule has 1 aliphatic heterocycles. The molecule has 0 aliphatic carbocycles. The first-order valence-corrected chi connectivity index (χ1v) is 9.40. The van der Waals surface area contributed by atoms with Crippen molar-refractivity contribution in [2.45, 2.75) is 24.9 Å². The van der Waals surface area contributed by atoms with Gasteiger partial charge in [0.1, 0.15) is 0 Å². The predicted octanol–water partition coefficient (Wildman–Crippen LogP) is 4.56. The highest BCUT2D eigenvalue weighted by molar-refractivity contribution is 5.33. The first kappa shape index (κ1) is 17.0. The van der Waals surface area contributed by atoms with Gasteiger partial charge in [-0.2, -0.15) is 0 Å². The molecule has 132 valence electrons. The van der Waals surface area contributed by atoms with E-state index in [0.29, 0.717) is 0 Å². The van der Waals surface area contributed by atoms with E-state index in [2.05, 4.69) is 83.8 Å². The lowest BCUT2D eigenvalue weighted by Gasteiger charge is -2.37. The van der Waals surface area contributed by atoms with Crippen molar-refractivity contribution in [3.05, 3.63) is 107 Å². The van der Waals surface area contributed by atoms with Gasteiger partial charge in [0.15, 0.2) is 0 Å². The molecule has 0 amide bonds. The van der Waals surface area contributed by atoms with Crippen molar-refractivity contribution < 1.29 is 5.11 Å². The number of benzene rings is 3. The SMILES string of the molecule is OC[C@H](c1ccccc1)N1CCc2ccccc2C[C@@H]1c1ccccc1. The molecule has 0 radical (unpaired) electrons. The summed E-state index contributed by atoms with van der Waals surface area (Å²) < 4.78 is 0. The average molecular weight is 343 g/mol. The Labute approximate surface area is 155 Å². The fourth-order valence-corrected chi connectivity index (χ4v) is 4.17. The third-order valence-electron chi connectivity index (χ3n) is 5.51. The molecule has 0 saturated carbocycles. The maximum absolute atomic E-state index is 10.3. The molecule has 2 heteroatoms. The van der Waals surface area contributed by atoms with Gasteiger partial charge < -0.3 is 5.11 Å². The summed E-state index contributed by atoms with van der Waals surface area (Å²) in [5.41, 5.74) is 5.36. The third kappa shape index (κ3) is 3.44. The minimum Gasteiger partial charge on any atom is -0.394 e. The molecule has 0 aromatic heterocycles. The minimum atomic E-state index is 0.00992. The fourth-order valence-electron chi connectivity index (χ4n) is 4.17. The first-order chi connectivity index (χ1) is 12.9. The minimum absolute atomic E-state index is 0.00992. The molecular formula is C24H25NO. The van der Waals surface area contributed by atoms with E-state index in [1.807, 2.05) is 6.07 Å². The highest BCUT2D eigenvalue weighted by Crippen LogP contribution is 2.36. The van der Waals surface area contributed by atoms with Crippen molar-refractivity contribution in [2.24, 2.45) is 0 Å². The first-order valence-electron chi connectivity index (χ1n) is 9.40.